The molecule has 0 spiro atoms. The minimum absolute atomic E-state index is 0.0628. The van der Waals surface area contributed by atoms with Gasteiger partial charge in [-0.25, -0.2) is 4.79 Å². The number of anilines is 1. The lowest BCUT2D eigenvalue weighted by molar-refractivity contribution is 0.222. The highest BCUT2D eigenvalue weighted by Crippen LogP contribution is 2.17. The first-order valence-corrected chi connectivity index (χ1v) is 8.05. The summed E-state index contributed by atoms with van der Waals surface area (Å²) in [6.45, 7) is 0.740. The van der Waals surface area contributed by atoms with E-state index in [2.05, 4.69) is 40.0 Å². The van der Waals surface area contributed by atoms with Gasteiger partial charge in [0.2, 0.25) is 0 Å². The summed E-state index contributed by atoms with van der Waals surface area (Å²) in [6.07, 6.45) is 1.95. The molecule has 0 saturated carbocycles. The first-order valence-electron chi connectivity index (χ1n) is 6.97. The molecule has 2 amide bonds. The summed E-state index contributed by atoms with van der Waals surface area (Å²) < 4.78 is 1.04. The average Bonchev–Trinajstić information content (AvgIpc) is 2.50. The molecule has 3 nitrogen and oxygen atoms in total. The number of para-hydroxylation sites is 1. The van der Waals surface area contributed by atoms with E-state index in [1.807, 2.05) is 49.5 Å². The summed E-state index contributed by atoms with van der Waals surface area (Å²) >= 11 is 2.22. The standard InChI is InChI=1S/C17H19IN2O/c1-20(13-7-10-14-8-3-2-4-9-14)17(21)19-16-12-6-5-11-15(16)18/h2-6,8-9,11-12H,7,10,13H2,1H3,(H,19,21). The molecule has 21 heavy (non-hydrogen) atoms. The fourth-order valence-electron chi connectivity index (χ4n) is 2.04. The van der Waals surface area contributed by atoms with Crippen molar-refractivity contribution in [1.29, 1.82) is 0 Å². The molecule has 2 aromatic rings. The SMILES string of the molecule is CN(CCCc1ccccc1)C(=O)Nc1ccccc1I. The molecule has 0 saturated heterocycles. The summed E-state index contributed by atoms with van der Waals surface area (Å²) in [5.41, 5.74) is 2.17. The van der Waals surface area contributed by atoms with Crippen molar-refractivity contribution in [3.05, 3.63) is 63.7 Å². The molecule has 0 aliphatic heterocycles. The maximum absolute atomic E-state index is 12.1. The summed E-state index contributed by atoms with van der Waals surface area (Å²) in [6, 6.07) is 18.1. The van der Waals surface area contributed by atoms with Gasteiger partial charge in [0.15, 0.2) is 0 Å². The number of aryl methyl sites for hydroxylation is 1. The summed E-state index contributed by atoms with van der Waals surface area (Å²) in [5.74, 6) is 0. The van der Waals surface area contributed by atoms with Crippen molar-refractivity contribution < 1.29 is 4.79 Å². The molecule has 0 unspecified atom stereocenters. The van der Waals surface area contributed by atoms with Gasteiger partial charge in [0.1, 0.15) is 0 Å². The highest BCUT2D eigenvalue weighted by atomic mass is 127. The number of benzene rings is 2. The Morgan fingerprint density at radius 2 is 1.76 bits per heavy atom. The van der Waals surface area contributed by atoms with Gasteiger partial charge in [0.05, 0.1) is 5.69 Å². The van der Waals surface area contributed by atoms with Gasteiger partial charge in [0.25, 0.3) is 0 Å². The van der Waals surface area contributed by atoms with Gasteiger partial charge in [0, 0.05) is 17.2 Å². The van der Waals surface area contributed by atoms with Crippen LogP contribution in [0.4, 0.5) is 10.5 Å². The molecule has 0 heterocycles. The van der Waals surface area contributed by atoms with Crippen molar-refractivity contribution >= 4 is 34.3 Å². The topological polar surface area (TPSA) is 32.3 Å². The normalized spacial score (nSPS) is 10.2. The van der Waals surface area contributed by atoms with E-state index in [1.165, 1.54) is 5.56 Å². The van der Waals surface area contributed by atoms with E-state index in [9.17, 15) is 4.79 Å². The third-order valence-electron chi connectivity index (χ3n) is 3.26. The van der Waals surface area contributed by atoms with Crippen molar-refractivity contribution in [2.45, 2.75) is 12.8 Å². The van der Waals surface area contributed by atoms with Crippen molar-refractivity contribution in [2.24, 2.45) is 0 Å². The van der Waals surface area contributed by atoms with Gasteiger partial charge < -0.3 is 10.2 Å². The quantitative estimate of drug-likeness (QED) is 0.750. The second-order valence-corrected chi connectivity index (χ2v) is 6.08. The molecule has 4 heteroatoms. The fraction of sp³-hybridized carbons (Fsp3) is 0.235. The van der Waals surface area contributed by atoms with E-state index in [0.29, 0.717) is 0 Å². The van der Waals surface area contributed by atoms with Gasteiger partial charge in [-0.3, -0.25) is 0 Å². The Kier molecular flexibility index (Phi) is 6.04. The molecule has 110 valence electrons. The second-order valence-electron chi connectivity index (χ2n) is 4.92. The van der Waals surface area contributed by atoms with Crippen molar-refractivity contribution in [3.8, 4) is 0 Å². The number of amides is 2. The molecule has 2 rings (SSSR count). The second kappa shape index (κ2) is 8.02. The zero-order chi connectivity index (χ0) is 15.1. The molecular weight excluding hydrogens is 375 g/mol. The molecule has 0 aromatic heterocycles. The lowest BCUT2D eigenvalue weighted by Gasteiger charge is -2.18. The predicted molar refractivity (Wildman–Crippen MR) is 95.6 cm³/mol. The Morgan fingerprint density at radius 3 is 2.48 bits per heavy atom. The van der Waals surface area contributed by atoms with Crippen LogP contribution in [0.5, 0.6) is 0 Å². The number of rotatable bonds is 5. The van der Waals surface area contributed by atoms with Crippen LogP contribution in [0, 0.1) is 3.57 Å². The maximum atomic E-state index is 12.1. The number of nitrogens with zero attached hydrogens (tertiary/aromatic N) is 1. The van der Waals surface area contributed by atoms with Crippen LogP contribution < -0.4 is 5.32 Å². The molecule has 1 N–H and O–H groups in total. The van der Waals surface area contributed by atoms with Crippen LogP contribution in [0.1, 0.15) is 12.0 Å². The van der Waals surface area contributed by atoms with Crippen LogP contribution in [-0.2, 0) is 6.42 Å². The van der Waals surface area contributed by atoms with Crippen LogP contribution in [0.25, 0.3) is 0 Å². The summed E-state index contributed by atoms with van der Waals surface area (Å²) in [7, 11) is 1.83. The summed E-state index contributed by atoms with van der Waals surface area (Å²) in [4.78, 5) is 13.8. The average molecular weight is 394 g/mol. The van der Waals surface area contributed by atoms with E-state index < -0.39 is 0 Å². The minimum atomic E-state index is -0.0628. The fourth-order valence-corrected chi connectivity index (χ4v) is 2.56. The van der Waals surface area contributed by atoms with E-state index in [-0.39, 0.29) is 6.03 Å². The lowest BCUT2D eigenvalue weighted by atomic mass is 10.1. The Morgan fingerprint density at radius 1 is 1.10 bits per heavy atom. The van der Waals surface area contributed by atoms with Crippen LogP contribution in [-0.4, -0.2) is 24.5 Å². The molecular formula is C17H19IN2O. The lowest BCUT2D eigenvalue weighted by Crippen LogP contribution is -2.32. The van der Waals surface area contributed by atoms with Gasteiger partial charge in [-0.1, -0.05) is 42.5 Å². The number of hydrogen-bond donors (Lipinski definition) is 1. The molecule has 0 aliphatic carbocycles. The van der Waals surface area contributed by atoms with Gasteiger partial charge in [-0.2, -0.15) is 0 Å². The highest BCUT2D eigenvalue weighted by molar-refractivity contribution is 14.1. The van der Waals surface area contributed by atoms with Crippen LogP contribution in [0.15, 0.2) is 54.6 Å². The Hall–Kier alpha value is -1.56. The van der Waals surface area contributed by atoms with Gasteiger partial charge in [-0.15, -0.1) is 0 Å². The van der Waals surface area contributed by atoms with E-state index in [4.69, 9.17) is 0 Å². The number of carbonyl (C=O) groups is 1. The first-order chi connectivity index (χ1) is 10.2. The molecule has 0 fully saturated rings. The molecule has 0 atom stereocenters. The zero-order valence-corrected chi connectivity index (χ0v) is 14.2. The third-order valence-corrected chi connectivity index (χ3v) is 4.20. The van der Waals surface area contributed by atoms with Crippen molar-refractivity contribution in [3.63, 3.8) is 0 Å². The Labute approximate surface area is 139 Å². The van der Waals surface area contributed by atoms with E-state index in [0.717, 1.165) is 28.6 Å². The van der Waals surface area contributed by atoms with Gasteiger partial charge >= 0.3 is 6.03 Å². The number of urea groups is 1. The molecule has 0 radical (unpaired) electrons. The largest absolute Gasteiger partial charge is 0.328 e. The van der Waals surface area contributed by atoms with Gasteiger partial charge in [-0.05, 0) is 53.1 Å². The van der Waals surface area contributed by atoms with Crippen molar-refractivity contribution in [2.75, 3.05) is 18.9 Å². The monoisotopic (exact) mass is 394 g/mol. The zero-order valence-electron chi connectivity index (χ0n) is 12.1. The Balaban J connectivity index is 1.79. The number of carbonyl (C=O) groups excluding carboxylic acids is 1. The van der Waals surface area contributed by atoms with Crippen LogP contribution in [0.3, 0.4) is 0 Å². The Bertz CT molecular complexity index is 586. The maximum Gasteiger partial charge on any atom is 0.321 e. The molecule has 0 bridgehead atoms. The van der Waals surface area contributed by atoms with Crippen molar-refractivity contribution in [1.82, 2.24) is 4.90 Å². The van der Waals surface area contributed by atoms with Crippen LogP contribution >= 0.6 is 22.6 Å². The smallest absolute Gasteiger partial charge is 0.321 e. The third kappa shape index (κ3) is 5.04. The molecule has 0 aliphatic rings. The summed E-state index contributed by atoms with van der Waals surface area (Å²) in [5, 5.41) is 2.94. The van der Waals surface area contributed by atoms with E-state index in [1.54, 1.807) is 4.90 Å². The number of hydrogen-bond acceptors (Lipinski definition) is 1. The number of nitrogens with one attached hydrogen (secondary N) is 1. The number of halogens is 1. The van der Waals surface area contributed by atoms with Crippen LogP contribution in [0.2, 0.25) is 0 Å². The van der Waals surface area contributed by atoms with E-state index >= 15 is 0 Å². The first kappa shape index (κ1) is 15.8. The predicted octanol–water partition coefficient (Wildman–Crippen LogP) is 4.39. The minimum Gasteiger partial charge on any atom is -0.328 e. The highest BCUT2D eigenvalue weighted by Gasteiger charge is 2.09. The molecule has 2 aromatic carbocycles.